The molecular formula is C34H40Si. The van der Waals surface area contributed by atoms with Crippen molar-refractivity contribution in [3.8, 4) is 11.5 Å². The van der Waals surface area contributed by atoms with Crippen LogP contribution in [0.5, 0.6) is 0 Å². The van der Waals surface area contributed by atoms with Crippen molar-refractivity contribution >= 4 is 19.7 Å². The molecule has 3 rings (SSSR count). The van der Waals surface area contributed by atoms with Crippen LogP contribution in [0.25, 0.3) is 11.6 Å². The maximum absolute atomic E-state index is 3.97. The van der Waals surface area contributed by atoms with Crippen molar-refractivity contribution in [3.63, 3.8) is 0 Å². The summed E-state index contributed by atoms with van der Waals surface area (Å²) in [6.07, 6.45) is 5.44. The van der Waals surface area contributed by atoms with E-state index < -0.39 is 8.07 Å². The molecule has 0 fully saturated rings. The van der Waals surface area contributed by atoms with Gasteiger partial charge in [-0.2, -0.15) is 0 Å². The third-order valence-corrected chi connectivity index (χ3v) is 13.4. The summed E-state index contributed by atoms with van der Waals surface area (Å²) in [5.74, 6) is 3.77. The standard InChI is InChI=1S/C34H40Si/c1-27(2)35(28(3)4,29(5)6)23-22-32(24-30-16-10-7-11-17-30)26-34(33-20-14-9-15-21-33)25-31-18-12-8-13-19-31/h7-21,25-29H,24H2,1-6H3/b32-26+,34-25-. The first-order valence-electron chi connectivity index (χ1n) is 12.9. The lowest BCUT2D eigenvalue weighted by Gasteiger charge is -2.38. The predicted molar refractivity (Wildman–Crippen MR) is 158 cm³/mol. The molecule has 0 aliphatic heterocycles. The van der Waals surface area contributed by atoms with Gasteiger partial charge in [0.1, 0.15) is 8.07 Å². The Morgan fingerprint density at radius 1 is 0.686 bits per heavy atom. The average molecular weight is 477 g/mol. The largest absolute Gasteiger partial charge is 0.146 e. The first-order valence-corrected chi connectivity index (χ1v) is 15.2. The molecule has 3 aromatic rings. The lowest BCUT2D eigenvalue weighted by atomic mass is 9.97. The Labute approximate surface area is 214 Å². The molecule has 0 aliphatic rings. The van der Waals surface area contributed by atoms with Gasteiger partial charge in [-0.05, 0) is 51.0 Å². The Hall–Kier alpha value is -3.08. The smallest absolute Gasteiger partial charge is 0.125 e. The van der Waals surface area contributed by atoms with Crippen LogP contribution in [-0.2, 0) is 6.42 Å². The minimum Gasteiger partial charge on any atom is -0.125 e. The maximum Gasteiger partial charge on any atom is 0.146 e. The molecule has 0 radical (unpaired) electrons. The lowest BCUT2D eigenvalue weighted by molar-refractivity contribution is 0.838. The van der Waals surface area contributed by atoms with Crippen molar-refractivity contribution < 1.29 is 0 Å². The topological polar surface area (TPSA) is 0 Å². The van der Waals surface area contributed by atoms with E-state index in [0.29, 0.717) is 16.6 Å². The maximum atomic E-state index is 3.97. The second-order valence-electron chi connectivity index (χ2n) is 10.4. The van der Waals surface area contributed by atoms with Crippen LogP contribution in [0, 0.1) is 11.5 Å². The molecule has 0 spiro atoms. The van der Waals surface area contributed by atoms with Crippen LogP contribution in [0.4, 0.5) is 0 Å². The zero-order valence-corrected chi connectivity index (χ0v) is 23.3. The third kappa shape index (κ3) is 6.97. The molecule has 0 amide bonds. The van der Waals surface area contributed by atoms with Gasteiger partial charge in [0.15, 0.2) is 0 Å². The fourth-order valence-electron chi connectivity index (χ4n) is 5.32. The van der Waals surface area contributed by atoms with E-state index in [0.717, 1.165) is 6.42 Å². The summed E-state index contributed by atoms with van der Waals surface area (Å²) in [4.78, 5) is 0. The van der Waals surface area contributed by atoms with Gasteiger partial charge in [-0.15, -0.1) is 5.54 Å². The predicted octanol–water partition coefficient (Wildman–Crippen LogP) is 9.62. The molecule has 0 nitrogen and oxygen atoms in total. The summed E-state index contributed by atoms with van der Waals surface area (Å²) in [5, 5.41) is 0. The summed E-state index contributed by atoms with van der Waals surface area (Å²) in [6.45, 7) is 14.3. The van der Waals surface area contributed by atoms with Gasteiger partial charge in [0.25, 0.3) is 0 Å². The second kappa shape index (κ2) is 12.6. The summed E-state index contributed by atoms with van der Waals surface area (Å²) in [6, 6.07) is 32.0. The summed E-state index contributed by atoms with van der Waals surface area (Å²) in [7, 11) is -1.83. The van der Waals surface area contributed by atoms with Crippen molar-refractivity contribution in [2.45, 2.75) is 64.6 Å². The van der Waals surface area contributed by atoms with Crippen LogP contribution in [0.15, 0.2) is 103 Å². The zero-order chi connectivity index (χ0) is 25.3. The highest BCUT2D eigenvalue weighted by molar-refractivity contribution is 6.90. The number of benzene rings is 3. The van der Waals surface area contributed by atoms with E-state index in [1.165, 1.54) is 27.8 Å². The van der Waals surface area contributed by atoms with Crippen LogP contribution in [-0.4, -0.2) is 8.07 Å². The van der Waals surface area contributed by atoms with Crippen molar-refractivity contribution in [1.82, 2.24) is 0 Å². The highest BCUT2D eigenvalue weighted by atomic mass is 28.3. The fraction of sp³-hybridized carbons (Fsp3) is 0.294. The Morgan fingerprint density at radius 2 is 1.17 bits per heavy atom. The fourth-order valence-corrected chi connectivity index (χ4v) is 10.6. The molecule has 0 N–H and O–H groups in total. The number of allylic oxidation sites excluding steroid dienone is 3. The number of hydrogen-bond acceptors (Lipinski definition) is 0. The van der Waals surface area contributed by atoms with Crippen LogP contribution in [0.1, 0.15) is 58.2 Å². The SMILES string of the molecule is CC(C)[Si](C#C/C(=C\C(=C\c1ccccc1)c1ccccc1)Cc1ccccc1)(C(C)C)C(C)C. The molecule has 0 aliphatic carbocycles. The van der Waals surface area contributed by atoms with E-state index >= 15 is 0 Å². The van der Waals surface area contributed by atoms with Crippen molar-refractivity contribution in [2.24, 2.45) is 0 Å². The minimum absolute atomic E-state index is 0.612. The molecule has 1 heteroatoms. The highest BCUT2D eigenvalue weighted by Crippen LogP contribution is 2.41. The molecule has 0 saturated carbocycles. The molecule has 180 valence electrons. The normalized spacial score (nSPS) is 12.7. The molecule has 3 aromatic carbocycles. The Morgan fingerprint density at radius 3 is 1.69 bits per heavy atom. The molecule has 0 unspecified atom stereocenters. The molecule has 0 aromatic heterocycles. The van der Waals surface area contributed by atoms with Gasteiger partial charge in [-0.25, -0.2) is 0 Å². The Balaban J connectivity index is 2.18. The van der Waals surface area contributed by atoms with Crippen LogP contribution in [0.3, 0.4) is 0 Å². The third-order valence-electron chi connectivity index (χ3n) is 7.10. The van der Waals surface area contributed by atoms with Crippen LogP contribution < -0.4 is 0 Å². The van der Waals surface area contributed by atoms with E-state index in [2.05, 4.69) is 156 Å². The van der Waals surface area contributed by atoms with E-state index in [9.17, 15) is 0 Å². The van der Waals surface area contributed by atoms with Crippen molar-refractivity contribution in [3.05, 3.63) is 119 Å². The van der Waals surface area contributed by atoms with Gasteiger partial charge in [0.05, 0.1) is 0 Å². The summed E-state index contributed by atoms with van der Waals surface area (Å²) >= 11 is 0. The van der Waals surface area contributed by atoms with Gasteiger partial charge in [-0.1, -0.05) is 138 Å². The van der Waals surface area contributed by atoms with Gasteiger partial charge < -0.3 is 0 Å². The molecule has 0 atom stereocenters. The Kier molecular flexibility index (Phi) is 9.53. The number of rotatable bonds is 8. The summed E-state index contributed by atoms with van der Waals surface area (Å²) < 4.78 is 0. The monoisotopic (exact) mass is 476 g/mol. The first kappa shape index (κ1) is 26.5. The van der Waals surface area contributed by atoms with Crippen LogP contribution in [0.2, 0.25) is 16.6 Å². The summed E-state index contributed by atoms with van der Waals surface area (Å²) in [5.41, 5.74) is 11.9. The molecule has 35 heavy (non-hydrogen) atoms. The van der Waals surface area contributed by atoms with Crippen molar-refractivity contribution in [1.29, 1.82) is 0 Å². The minimum atomic E-state index is -1.83. The quantitative estimate of drug-likeness (QED) is 0.131. The molecule has 0 heterocycles. The first-order chi connectivity index (χ1) is 16.8. The second-order valence-corrected chi connectivity index (χ2v) is 15.9. The Bertz CT molecular complexity index is 1150. The average Bonchev–Trinajstić information content (AvgIpc) is 2.85. The lowest BCUT2D eigenvalue weighted by Crippen LogP contribution is -2.43. The highest BCUT2D eigenvalue weighted by Gasteiger charge is 2.41. The van der Waals surface area contributed by atoms with E-state index in [-0.39, 0.29) is 0 Å². The molecular weight excluding hydrogens is 436 g/mol. The van der Waals surface area contributed by atoms with Gasteiger partial charge in [0, 0.05) is 12.0 Å². The van der Waals surface area contributed by atoms with Gasteiger partial charge >= 0.3 is 0 Å². The van der Waals surface area contributed by atoms with E-state index in [4.69, 9.17) is 0 Å². The molecule has 0 saturated heterocycles. The van der Waals surface area contributed by atoms with Gasteiger partial charge in [-0.3, -0.25) is 0 Å². The van der Waals surface area contributed by atoms with E-state index in [1.807, 2.05) is 0 Å². The van der Waals surface area contributed by atoms with Crippen LogP contribution >= 0.6 is 0 Å². The van der Waals surface area contributed by atoms with Gasteiger partial charge in [0.2, 0.25) is 0 Å². The zero-order valence-electron chi connectivity index (χ0n) is 22.3. The molecule has 0 bridgehead atoms. The van der Waals surface area contributed by atoms with Crippen molar-refractivity contribution in [2.75, 3.05) is 0 Å². The van der Waals surface area contributed by atoms with E-state index in [1.54, 1.807) is 0 Å². The number of hydrogen-bond donors (Lipinski definition) is 0.